The molecule has 0 saturated carbocycles. The fourth-order valence-electron chi connectivity index (χ4n) is 2.44. The van der Waals surface area contributed by atoms with Crippen molar-refractivity contribution in [3.63, 3.8) is 0 Å². The van der Waals surface area contributed by atoms with Crippen molar-refractivity contribution in [1.29, 1.82) is 0 Å². The van der Waals surface area contributed by atoms with E-state index in [2.05, 4.69) is 16.5 Å². The van der Waals surface area contributed by atoms with Crippen LogP contribution in [0.5, 0.6) is 0 Å². The summed E-state index contributed by atoms with van der Waals surface area (Å²) in [6.45, 7) is 4.65. The van der Waals surface area contributed by atoms with Crippen molar-refractivity contribution in [2.75, 3.05) is 13.1 Å². The fourth-order valence-corrected chi connectivity index (χ4v) is 3.22. The Morgan fingerprint density at radius 3 is 2.91 bits per heavy atom. The number of hydrazine groups is 1. The smallest absolute Gasteiger partial charge is 0.273 e. The van der Waals surface area contributed by atoms with Crippen molar-refractivity contribution in [1.82, 2.24) is 20.0 Å². The fraction of sp³-hybridized carbons (Fsp3) is 0.250. The lowest BCUT2D eigenvalue weighted by Gasteiger charge is -2.26. The van der Waals surface area contributed by atoms with Crippen LogP contribution in [0.15, 0.2) is 42.6 Å². The molecule has 3 heterocycles. The van der Waals surface area contributed by atoms with E-state index in [9.17, 15) is 9.59 Å². The first-order chi connectivity index (χ1) is 11.2. The molecule has 0 bridgehead atoms. The molecule has 0 unspecified atom stereocenters. The second kappa shape index (κ2) is 6.70. The van der Waals surface area contributed by atoms with Crippen molar-refractivity contribution < 1.29 is 9.59 Å². The first-order valence-corrected chi connectivity index (χ1v) is 8.17. The predicted molar refractivity (Wildman–Crippen MR) is 87.5 cm³/mol. The number of rotatable bonds is 4. The number of hydrogen-bond acceptors (Lipinski definition) is 5. The van der Waals surface area contributed by atoms with E-state index < -0.39 is 0 Å². The first-order valence-electron chi connectivity index (χ1n) is 7.29. The van der Waals surface area contributed by atoms with Crippen molar-refractivity contribution in [3.8, 4) is 10.6 Å². The van der Waals surface area contributed by atoms with Crippen LogP contribution in [-0.2, 0) is 4.79 Å². The minimum Gasteiger partial charge on any atom is -0.273 e. The van der Waals surface area contributed by atoms with Gasteiger partial charge in [-0.05, 0) is 18.6 Å². The van der Waals surface area contributed by atoms with Crippen LogP contribution < -0.4 is 0 Å². The van der Waals surface area contributed by atoms with E-state index in [1.54, 1.807) is 23.8 Å². The molecular formula is C16H16N4O2S. The van der Waals surface area contributed by atoms with Crippen molar-refractivity contribution in [2.24, 2.45) is 0 Å². The van der Waals surface area contributed by atoms with E-state index >= 15 is 0 Å². The average Bonchev–Trinajstić information content (AvgIpc) is 3.25. The van der Waals surface area contributed by atoms with Gasteiger partial charge in [-0.1, -0.05) is 6.08 Å². The van der Waals surface area contributed by atoms with Crippen LogP contribution in [0.25, 0.3) is 10.6 Å². The highest BCUT2D eigenvalue weighted by Gasteiger charge is 2.31. The molecule has 3 rings (SSSR count). The Labute approximate surface area is 138 Å². The van der Waals surface area contributed by atoms with E-state index in [1.165, 1.54) is 21.4 Å². The van der Waals surface area contributed by atoms with Gasteiger partial charge >= 0.3 is 0 Å². The summed E-state index contributed by atoms with van der Waals surface area (Å²) in [5.41, 5.74) is 1.23. The zero-order valence-electron chi connectivity index (χ0n) is 12.5. The normalized spacial score (nSPS) is 14.1. The molecule has 0 aliphatic carbocycles. The standard InChI is InChI=1S/C16H16N4O2S/c1-2-5-14(21)19-8-4-9-20(19)16(22)13-11-23-15(18-13)12-6-3-7-17-10-12/h2-3,6-7,10-11H,1,4-5,8-9H2. The largest absolute Gasteiger partial charge is 0.291 e. The van der Waals surface area contributed by atoms with Crippen LogP contribution in [-0.4, -0.2) is 44.9 Å². The third-order valence-corrected chi connectivity index (χ3v) is 4.40. The maximum atomic E-state index is 12.6. The topological polar surface area (TPSA) is 66.4 Å². The minimum atomic E-state index is -0.244. The second-order valence-corrected chi connectivity index (χ2v) is 5.93. The lowest BCUT2D eigenvalue weighted by atomic mass is 10.3. The van der Waals surface area contributed by atoms with Crippen LogP contribution in [0.1, 0.15) is 23.3 Å². The molecule has 0 radical (unpaired) electrons. The number of carbonyl (C=O) groups is 2. The first kappa shape index (κ1) is 15.4. The van der Waals surface area contributed by atoms with Gasteiger partial charge in [-0.25, -0.2) is 9.99 Å². The molecular weight excluding hydrogens is 312 g/mol. The molecule has 1 aliphatic rings. The van der Waals surface area contributed by atoms with Gasteiger partial charge in [-0.15, -0.1) is 17.9 Å². The van der Waals surface area contributed by atoms with Crippen LogP contribution in [0, 0.1) is 0 Å². The molecule has 6 nitrogen and oxygen atoms in total. The lowest BCUT2D eigenvalue weighted by molar-refractivity contribution is -0.139. The number of aromatic nitrogens is 2. The molecule has 0 spiro atoms. The SMILES string of the molecule is C=CCC(=O)N1CCCN1C(=O)c1csc(-c2cccnc2)n1. The summed E-state index contributed by atoms with van der Waals surface area (Å²) in [6, 6.07) is 3.73. The highest BCUT2D eigenvalue weighted by Crippen LogP contribution is 2.24. The summed E-state index contributed by atoms with van der Waals surface area (Å²) in [5, 5.41) is 5.43. The molecule has 2 aromatic heterocycles. The second-order valence-electron chi connectivity index (χ2n) is 5.07. The zero-order chi connectivity index (χ0) is 16.2. The van der Waals surface area contributed by atoms with Crippen LogP contribution >= 0.6 is 11.3 Å². The molecule has 2 amide bonds. The summed E-state index contributed by atoms with van der Waals surface area (Å²) in [7, 11) is 0. The molecule has 1 fully saturated rings. The number of amides is 2. The summed E-state index contributed by atoms with van der Waals surface area (Å²) < 4.78 is 0. The molecule has 118 valence electrons. The minimum absolute atomic E-state index is 0.117. The van der Waals surface area contributed by atoms with E-state index in [0.717, 1.165) is 17.0 Å². The molecule has 1 saturated heterocycles. The number of pyridine rings is 1. The molecule has 0 N–H and O–H groups in total. The Kier molecular flexibility index (Phi) is 4.47. The van der Waals surface area contributed by atoms with Crippen molar-refractivity contribution >= 4 is 23.2 Å². The van der Waals surface area contributed by atoms with Gasteiger partial charge in [0.15, 0.2) is 0 Å². The van der Waals surface area contributed by atoms with E-state index in [1.807, 2.05) is 12.1 Å². The Bertz CT molecular complexity index is 729. The van der Waals surface area contributed by atoms with E-state index in [4.69, 9.17) is 0 Å². The number of carbonyl (C=O) groups excluding carboxylic acids is 2. The summed E-state index contributed by atoms with van der Waals surface area (Å²) in [6.07, 6.45) is 5.95. The molecule has 7 heteroatoms. The maximum Gasteiger partial charge on any atom is 0.291 e. The average molecular weight is 328 g/mol. The summed E-state index contributed by atoms with van der Waals surface area (Å²) >= 11 is 1.39. The summed E-state index contributed by atoms with van der Waals surface area (Å²) in [5.74, 6) is -0.361. The number of hydrogen-bond donors (Lipinski definition) is 0. The Hall–Kier alpha value is -2.54. The van der Waals surface area contributed by atoms with Gasteiger partial charge < -0.3 is 0 Å². The third-order valence-electron chi connectivity index (χ3n) is 3.50. The number of thiazole rings is 1. The van der Waals surface area contributed by atoms with Crippen LogP contribution in [0.3, 0.4) is 0 Å². The van der Waals surface area contributed by atoms with Gasteiger partial charge in [0.05, 0.1) is 0 Å². The molecule has 23 heavy (non-hydrogen) atoms. The summed E-state index contributed by atoms with van der Waals surface area (Å²) in [4.78, 5) is 33.1. The van der Waals surface area contributed by atoms with Crippen LogP contribution in [0.2, 0.25) is 0 Å². The van der Waals surface area contributed by atoms with Gasteiger partial charge in [0, 0.05) is 42.8 Å². The Balaban J connectivity index is 1.79. The lowest BCUT2D eigenvalue weighted by Crippen LogP contribution is -2.44. The van der Waals surface area contributed by atoms with Crippen LogP contribution in [0.4, 0.5) is 0 Å². The van der Waals surface area contributed by atoms with Gasteiger partial charge in [0.2, 0.25) is 5.91 Å². The predicted octanol–water partition coefficient (Wildman–Crippen LogP) is 2.37. The quantitative estimate of drug-likeness (QED) is 0.808. The zero-order valence-corrected chi connectivity index (χ0v) is 13.3. The molecule has 0 atom stereocenters. The van der Waals surface area contributed by atoms with E-state index in [-0.39, 0.29) is 18.2 Å². The van der Waals surface area contributed by atoms with Gasteiger partial charge in [0.25, 0.3) is 5.91 Å². The highest BCUT2D eigenvalue weighted by atomic mass is 32.1. The van der Waals surface area contributed by atoms with E-state index in [0.29, 0.717) is 18.8 Å². The molecule has 1 aliphatic heterocycles. The molecule has 2 aromatic rings. The Morgan fingerprint density at radius 1 is 1.35 bits per heavy atom. The maximum absolute atomic E-state index is 12.6. The Morgan fingerprint density at radius 2 is 2.17 bits per heavy atom. The monoisotopic (exact) mass is 328 g/mol. The van der Waals surface area contributed by atoms with Gasteiger partial charge in [-0.3, -0.25) is 19.6 Å². The molecule has 0 aromatic carbocycles. The van der Waals surface area contributed by atoms with Crippen molar-refractivity contribution in [2.45, 2.75) is 12.8 Å². The third kappa shape index (κ3) is 3.14. The highest BCUT2D eigenvalue weighted by molar-refractivity contribution is 7.13. The van der Waals surface area contributed by atoms with Gasteiger partial charge in [-0.2, -0.15) is 0 Å². The van der Waals surface area contributed by atoms with Gasteiger partial charge in [0.1, 0.15) is 10.7 Å². The van der Waals surface area contributed by atoms with Crippen molar-refractivity contribution in [3.05, 3.63) is 48.3 Å². The number of nitrogens with zero attached hydrogens (tertiary/aromatic N) is 4.